The molecule has 118 valence electrons. The number of carbonyl (C=O) groups is 2. The Morgan fingerprint density at radius 3 is 2.57 bits per heavy atom. The summed E-state index contributed by atoms with van der Waals surface area (Å²) in [5.74, 6) is -1.92. The van der Waals surface area contributed by atoms with Crippen LogP contribution < -0.4 is 10.0 Å². The number of aryl methyl sites for hydroxylation is 1. The zero-order valence-corrected chi connectivity index (χ0v) is 13.5. The van der Waals surface area contributed by atoms with Crippen LogP contribution in [0.15, 0.2) is 0 Å². The first-order valence-electron chi connectivity index (χ1n) is 6.18. The van der Waals surface area contributed by atoms with Gasteiger partial charge in [0.15, 0.2) is 0 Å². The molecule has 1 heterocycles. The van der Waals surface area contributed by atoms with Crippen LogP contribution in [0.2, 0.25) is 0 Å². The molecule has 0 radical (unpaired) electrons. The Labute approximate surface area is 126 Å². The van der Waals surface area contributed by atoms with Crippen molar-refractivity contribution in [3.8, 4) is 0 Å². The summed E-state index contributed by atoms with van der Waals surface area (Å²) in [7, 11) is -3.53. The van der Waals surface area contributed by atoms with Gasteiger partial charge < -0.3 is 10.4 Å². The lowest BCUT2D eigenvalue weighted by Gasteiger charge is -2.13. The summed E-state index contributed by atoms with van der Waals surface area (Å²) in [5, 5.41) is 11.5. The van der Waals surface area contributed by atoms with Crippen molar-refractivity contribution in [2.45, 2.75) is 33.2 Å². The molecule has 10 heteroatoms. The molecule has 8 nitrogen and oxygen atoms in total. The number of hydrogen-bond donors (Lipinski definition) is 3. The van der Waals surface area contributed by atoms with Crippen LogP contribution in [0.3, 0.4) is 0 Å². The first kappa shape index (κ1) is 17.5. The number of carboxylic acids is 1. The number of carbonyl (C=O) groups excluding carboxylic acids is 1. The molecule has 3 N–H and O–H groups in total. The van der Waals surface area contributed by atoms with Gasteiger partial charge in [-0.25, -0.2) is 17.9 Å². The van der Waals surface area contributed by atoms with Crippen LogP contribution >= 0.6 is 11.5 Å². The molecule has 0 saturated heterocycles. The van der Waals surface area contributed by atoms with Gasteiger partial charge in [0, 0.05) is 0 Å². The largest absolute Gasteiger partial charge is 0.478 e. The molecule has 21 heavy (non-hydrogen) atoms. The molecule has 0 aliphatic rings. The normalized spacial score (nSPS) is 12.9. The molecular formula is C11H17N3O5S2. The molecule has 0 aliphatic carbocycles. The predicted octanol–water partition coefficient (Wildman–Crippen LogP) is 0.806. The summed E-state index contributed by atoms with van der Waals surface area (Å²) in [4.78, 5) is 23.0. The molecule has 0 bridgehead atoms. The fraction of sp³-hybridized carbons (Fsp3) is 0.545. The van der Waals surface area contributed by atoms with Gasteiger partial charge in [0.25, 0.3) is 0 Å². The molecule has 0 aromatic carbocycles. The summed E-state index contributed by atoms with van der Waals surface area (Å²) in [6.45, 7) is 4.61. The lowest BCUT2D eigenvalue weighted by molar-refractivity contribution is -0.117. The summed E-state index contributed by atoms with van der Waals surface area (Å²) in [6.07, 6.45) is 0.431. The topological polar surface area (TPSA) is 125 Å². The lowest BCUT2D eigenvalue weighted by atomic mass is 10.2. The van der Waals surface area contributed by atoms with E-state index in [2.05, 4.69) is 14.4 Å². The standard InChI is InChI=1S/C11H17N3O5S2/c1-4-5-21(18,19)14-7(3)9(15)12-10-8(11(16)17)6(2)13-20-10/h7,14H,4-5H2,1-3H3,(H,12,15)(H,16,17). The average molecular weight is 335 g/mol. The maximum absolute atomic E-state index is 11.9. The van der Waals surface area contributed by atoms with Gasteiger partial charge in [0.05, 0.1) is 17.5 Å². The van der Waals surface area contributed by atoms with Crippen molar-refractivity contribution in [2.24, 2.45) is 0 Å². The monoisotopic (exact) mass is 335 g/mol. The van der Waals surface area contributed by atoms with Crippen molar-refractivity contribution in [1.29, 1.82) is 0 Å². The molecule has 1 atom stereocenters. The van der Waals surface area contributed by atoms with E-state index in [1.165, 1.54) is 13.8 Å². The number of aromatic nitrogens is 1. The van der Waals surface area contributed by atoms with Gasteiger partial charge in [0.1, 0.15) is 10.6 Å². The molecule has 0 fully saturated rings. The second kappa shape index (κ2) is 6.96. The fourth-order valence-electron chi connectivity index (χ4n) is 1.58. The third-order valence-electron chi connectivity index (χ3n) is 2.54. The lowest BCUT2D eigenvalue weighted by Crippen LogP contribution is -2.42. The fourth-order valence-corrected chi connectivity index (χ4v) is 3.67. The number of amides is 1. The van der Waals surface area contributed by atoms with Crippen LogP contribution in [0.1, 0.15) is 36.3 Å². The zero-order chi connectivity index (χ0) is 16.2. The van der Waals surface area contributed by atoms with E-state index >= 15 is 0 Å². The van der Waals surface area contributed by atoms with Crippen LogP contribution in [0.4, 0.5) is 5.00 Å². The number of carboxylic acid groups (broad SMARTS) is 1. The van der Waals surface area contributed by atoms with Crippen molar-refractivity contribution >= 4 is 38.4 Å². The van der Waals surface area contributed by atoms with Crippen molar-refractivity contribution in [3.63, 3.8) is 0 Å². The minimum Gasteiger partial charge on any atom is -0.478 e. The molecule has 1 aromatic rings. The minimum atomic E-state index is -3.53. The summed E-state index contributed by atoms with van der Waals surface area (Å²) in [6, 6.07) is -1.01. The maximum atomic E-state index is 11.9. The predicted molar refractivity (Wildman–Crippen MR) is 79.1 cm³/mol. The zero-order valence-electron chi connectivity index (χ0n) is 11.8. The molecule has 0 spiro atoms. The minimum absolute atomic E-state index is 0.0787. The van der Waals surface area contributed by atoms with E-state index in [0.717, 1.165) is 11.5 Å². The summed E-state index contributed by atoms with van der Waals surface area (Å²) >= 11 is 0.838. The highest BCUT2D eigenvalue weighted by molar-refractivity contribution is 7.89. The first-order chi connectivity index (χ1) is 9.68. The summed E-state index contributed by atoms with van der Waals surface area (Å²) in [5.41, 5.74) is 0.207. The van der Waals surface area contributed by atoms with Crippen LogP contribution in [0, 0.1) is 6.92 Å². The molecular weight excluding hydrogens is 318 g/mol. The number of anilines is 1. The van der Waals surface area contributed by atoms with E-state index in [1.807, 2.05) is 0 Å². The van der Waals surface area contributed by atoms with E-state index < -0.39 is 27.9 Å². The van der Waals surface area contributed by atoms with Crippen LogP contribution in [-0.2, 0) is 14.8 Å². The SMILES string of the molecule is CCCS(=O)(=O)NC(C)C(=O)Nc1snc(C)c1C(=O)O. The van der Waals surface area contributed by atoms with Gasteiger partial charge >= 0.3 is 5.97 Å². The van der Waals surface area contributed by atoms with Crippen molar-refractivity contribution in [3.05, 3.63) is 11.3 Å². The smallest absolute Gasteiger partial charge is 0.340 e. The Morgan fingerprint density at radius 1 is 1.43 bits per heavy atom. The number of sulfonamides is 1. The first-order valence-corrected chi connectivity index (χ1v) is 8.61. The van der Waals surface area contributed by atoms with Gasteiger partial charge in [-0.15, -0.1) is 0 Å². The quantitative estimate of drug-likeness (QED) is 0.677. The van der Waals surface area contributed by atoms with Gasteiger partial charge in [0.2, 0.25) is 15.9 Å². The highest BCUT2D eigenvalue weighted by Crippen LogP contribution is 2.24. The number of nitrogens with zero attached hydrogens (tertiary/aromatic N) is 1. The van der Waals surface area contributed by atoms with Crippen molar-refractivity contribution in [2.75, 3.05) is 11.1 Å². The van der Waals surface area contributed by atoms with Crippen LogP contribution in [0.5, 0.6) is 0 Å². The Balaban J connectivity index is 2.80. The Kier molecular flexibility index (Phi) is 5.81. The van der Waals surface area contributed by atoms with Gasteiger partial charge in [-0.3, -0.25) is 4.79 Å². The molecule has 0 saturated carbocycles. The molecule has 1 aromatic heterocycles. The van der Waals surface area contributed by atoms with Crippen LogP contribution in [0.25, 0.3) is 0 Å². The average Bonchev–Trinajstić information content (AvgIpc) is 2.69. The molecule has 0 aliphatic heterocycles. The highest BCUT2D eigenvalue weighted by atomic mass is 32.2. The highest BCUT2D eigenvalue weighted by Gasteiger charge is 2.23. The van der Waals surface area contributed by atoms with E-state index in [4.69, 9.17) is 5.11 Å². The van der Waals surface area contributed by atoms with E-state index in [0.29, 0.717) is 12.1 Å². The Bertz CT molecular complexity index is 638. The van der Waals surface area contributed by atoms with E-state index in [9.17, 15) is 18.0 Å². The Morgan fingerprint density at radius 2 is 2.05 bits per heavy atom. The Hall–Kier alpha value is -1.52. The number of aromatic carboxylic acids is 1. The molecule has 1 unspecified atom stereocenters. The van der Waals surface area contributed by atoms with Gasteiger partial charge in [-0.05, 0) is 31.8 Å². The van der Waals surface area contributed by atoms with Gasteiger partial charge in [-0.1, -0.05) is 6.92 Å². The number of nitrogens with one attached hydrogen (secondary N) is 2. The van der Waals surface area contributed by atoms with Crippen LogP contribution in [-0.4, -0.2) is 41.6 Å². The molecule has 1 rings (SSSR count). The summed E-state index contributed by atoms with van der Waals surface area (Å²) < 4.78 is 29.3. The van der Waals surface area contributed by atoms with E-state index in [-0.39, 0.29) is 16.3 Å². The van der Waals surface area contributed by atoms with Crippen molar-refractivity contribution < 1.29 is 23.1 Å². The van der Waals surface area contributed by atoms with Gasteiger partial charge in [-0.2, -0.15) is 4.37 Å². The van der Waals surface area contributed by atoms with Crippen molar-refractivity contribution in [1.82, 2.24) is 9.10 Å². The third-order valence-corrected chi connectivity index (χ3v) is 5.05. The number of rotatable bonds is 7. The third kappa shape index (κ3) is 4.76. The van der Waals surface area contributed by atoms with E-state index in [1.54, 1.807) is 6.92 Å². The second-order valence-corrected chi connectivity index (χ2v) is 7.07. The number of hydrogen-bond acceptors (Lipinski definition) is 6. The maximum Gasteiger partial charge on any atom is 0.340 e. The molecule has 1 amide bonds. The second-order valence-electron chi connectivity index (χ2n) is 4.42.